The number of rotatable bonds is 5. The van der Waals surface area contributed by atoms with E-state index in [-0.39, 0.29) is 18.3 Å². The molecule has 1 saturated carbocycles. The summed E-state index contributed by atoms with van der Waals surface area (Å²) in [5, 5.41) is 2.99. The quantitative estimate of drug-likeness (QED) is 0.811. The van der Waals surface area contributed by atoms with Gasteiger partial charge in [0.1, 0.15) is 5.75 Å². The first-order valence-corrected chi connectivity index (χ1v) is 9.48. The normalized spacial score (nSPS) is 20.1. The van der Waals surface area contributed by atoms with Crippen molar-refractivity contribution < 1.29 is 14.3 Å². The van der Waals surface area contributed by atoms with Crippen molar-refractivity contribution in [2.75, 3.05) is 25.1 Å². The number of ether oxygens (including phenoxy) is 2. The summed E-state index contributed by atoms with van der Waals surface area (Å²) >= 11 is 0. The van der Waals surface area contributed by atoms with Crippen LogP contribution in [0.3, 0.4) is 0 Å². The number of hydrogen-bond donors (Lipinski definition) is 2. The Morgan fingerprint density at radius 2 is 1.96 bits per heavy atom. The highest BCUT2D eigenvalue weighted by Gasteiger charge is 2.35. The number of nitrogens with one attached hydrogen (secondary N) is 1. The SMILES string of the molecule is Cc1ccc(NC(=O)C2(N)CCCCC2)cc1OCC1CCOCC1.Cl. The Morgan fingerprint density at radius 1 is 1.27 bits per heavy atom. The number of nitrogens with two attached hydrogens (primary N) is 1. The third-order valence-corrected chi connectivity index (χ3v) is 5.46. The van der Waals surface area contributed by atoms with Gasteiger partial charge in [-0.25, -0.2) is 0 Å². The number of benzene rings is 1. The second kappa shape index (κ2) is 9.58. The van der Waals surface area contributed by atoms with E-state index in [0.717, 1.165) is 68.7 Å². The largest absolute Gasteiger partial charge is 0.493 e. The molecule has 1 aromatic carbocycles. The van der Waals surface area contributed by atoms with E-state index in [4.69, 9.17) is 15.2 Å². The Labute approximate surface area is 162 Å². The molecule has 0 spiro atoms. The van der Waals surface area contributed by atoms with Crippen LogP contribution in [0.5, 0.6) is 5.75 Å². The molecule has 3 rings (SSSR count). The molecule has 0 radical (unpaired) electrons. The van der Waals surface area contributed by atoms with Crippen LogP contribution in [0, 0.1) is 12.8 Å². The molecule has 1 saturated heterocycles. The van der Waals surface area contributed by atoms with Crippen LogP contribution >= 0.6 is 12.4 Å². The molecule has 146 valence electrons. The average molecular weight is 383 g/mol. The Kier molecular flexibility index (Phi) is 7.74. The van der Waals surface area contributed by atoms with Crippen LogP contribution in [0.2, 0.25) is 0 Å². The molecular formula is C20H31ClN2O3. The van der Waals surface area contributed by atoms with Gasteiger partial charge in [-0.2, -0.15) is 0 Å². The lowest BCUT2D eigenvalue weighted by Crippen LogP contribution is -2.52. The molecule has 0 aromatic heterocycles. The van der Waals surface area contributed by atoms with Crippen LogP contribution in [-0.2, 0) is 9.53 Å². The van der Waals surface area contributed by atoms with Gasteiger partial charge in [-0.15, -0.1) is 12.4 Å². The molecule has 1 amide bonds. The lowest BCUT2D eigenvalue weighted by Gasteiger charge is -2.31. The zero-order valence-corrected chi connectivity index (χ0v) is 16.4. The third-order valence-electron chi connectivity index (χ3n) is 5.46. The van der Waals surface area contributed by atoms with E-state index in [2.05, 4.69) is 5.32 Å². The summed E-state index contributed by atoms with van der Waals surface area (Å²) in [5.74, 6) is 1.30. The van der Waals surface area contributed by atoms with Crippen LogP contribution in [0.1, 0.15) is 50.5 Å². The molecule has 0 atom stereocenters. The Balaban J connectivity index is 0.00000243. The van der Waals surface area contributed by atoms with Crippen LogP contribution in [0.25, 0.3) is 0 Å². The molecule has 3 N–H and O–H groups in total. The number of hydrogen-bond acceptors (Lipinski definition) is 4. The predicted octanol–water partition coefficient (Wildman–Crippen LogP) is 3.82. The van der Waals surface area contributed by atoms with E-state index in [1.807, 2.05) is 25.1 Å². The number of carbonyl (C=O) groups is 1. The molecule has 0 bridgehead atoms. The topological polar surface area (TPSA) is 73.6 Å². The molecule has 2 aliphatic rings. The molecule has 1 aliphatic heterocycles. The summed E-state index contributed by atoms with van der Waals surface area (Å²) in [4.78, 5) is 12.6. The second-order valence-electron chi connectivity index (χ2n) is 7.52. The van der Waals surface area contributed by atoms with Gasteiger partial charge in [0, 0.05) is 25.0 Å². The number of carbonyl (C=O) groups excluding carboxylic acids is 1. The van der Waals surface area contributed by atoms with E-state index in [1.54, 1.807) is 0 Å². The summed E-state index contributed by atoms with van der Waals surface area (Å²) in [6.45, 7) is 4.36. The summed E-state index contributed by atoms with van der Waals surface area (Å²) in [6, 6.07) is 5.82. The first kappa shape index (κ1) is 21.0. The highest BCUT2D eigenvalue weighted by Crippen LogP contribution is 2.29. The number of halogens is 1. The summed E-state index contributed by atoms with van der Waals surface area (Å²) in [6.07, 6.45) is 6.83. The first-order valence-electron chi connectivity index (χ1n) is 9.48. The maximum absolute atomic E-state index is 12.6. The van der Waals surface area contributed by atoms with E-state index >= 15 is 0 Å². The van der Waals surface area contributed by atoms with Crippen LogP contribution < -0.4 is 15.8 Å². The van der Waals surface area contributed by atoms with Gasteiger partial charge in [0.25, 0.3) is 0 Å². The van der Waals surface area contributed by atoms with Crippen LogP contribution in [-0.4, -0.2) is 31.3 Å². The highest BCUT2D eigenvalue weighted by molar-refractivity contribution is 5.98. The Hall–Kier alpha value is -1.30. The number of amides is 1. The second-order valence-corrected chi connectivity index (χ2v) is 7.52. The minimum absolute atomic E-state index is 0. The standard InChI is InChI=1S/C20H30N2O3.ClH/c1-15-5-6-17(22-19(23)20(21)9-3-2-4-10-20)13-18(15)25-14-16-7-11-24-12-8-16;/h5-6,13,16H,2-4,7-12,14,21H2,1H3,(H,22,23);1H. The van der Waals surface area contributed by atoms with E-state index in [1.165, 1.54) is 6.42 Å². The van der Waals surface area contributed by atoms with E-state index in [9.17, 15) is 4.79 Å². The minimum atomic E-state index is -0.730. The molecular weight excluding hydrogens is 352 g/mol. The summed E-state index contributed by atoms with van der Waals surface area (Å²) < 4.78 is 11.4. The van der Waals surface area contributed by atoms with Crippen molar-refractivity contribution in [1.82, 2.24) is 0 Å². The van der Waals surface area contributed by atoms with Gasteiger partial charge in [0.05, 0.1) is 12.1 Å². The van der Waals surface area contributed by atoms with Gasteiger partial charge in [-0.05, 0) is 50.2 Å². The van der Waals surface area contributed by atoms with Crippen molar-refractivity contribution in [2.45, 2.75) is 57.4 Å². The molecule has 0 unspecified atom stereocenters. The fraction of sp³-hybridized carbons (Fsp3) is 0.650. The van der Waals surface area contributed by atoms with Gasteiger partial charge < -0.3 is 20.5 Å². The molecule has 1 aromatic rings. The van der Waals surface area contributed by atoms with Crippen molar-refractivity contribution >= 4 is 24.0 Å². The average Bonchev–Trinajstić information content (AvgIpc) is 2.63. The van der Waals surface area contributed by atoms with Crippen molar-refractivity contribution in [3.05, 3.63) is 23.8 Å². The molecule has 26 heavy (non-hydrogen) atoms. The highest BCUT2D eigenvalue weighted by atomic mass is 35.5. The monoisotopic (exact) mass is 382 g/mol. The van der Waals surface area contributed by atoms with Gasteiger partial charge in [0.2, 0.25) is 5.91 Å². The predicted molar refractivity (Wildman–Crippen MR) is 106 cm³/mol. The maximum Gasteiger partial charge on any atom is 0.244 e. The van der Waals surface area contributed by atoms with E-state index < -0.39 is 5.54 Å². The van der Waals surface area contributed by atoms with Gasteiger partial charge >= 0.3 is 0 Å². The molecule has 5 nitrogen and oxygen atoms in total. The minimum Gasteiger partial charge on any atom is -0.493 e. The Morgan fingerprint density at radius 3 is 2.65 bits per heavy atom. The molecule has 6 heteroatoms. The van der Waals surface area contributed by atoms with Crippen molar-refractivity contribution in [3.63, 3.8) is 0 Å². The van der Waals surface area contributed by atoms with Crippen molar-refractivity contribution in [3.8, 4) is 5.75 Å². The molecule has 1 heterocycles. The van der Waals surface area contributed by atoms with Gasteiger partial charge in [0.15, 0.2) is 0 Å². The summed E-state index contributed by atoms with van der Waals surface area (Å²) in [5.41, 5.74) is 7.42. The van der Waals surface area contributed by atoms with Crippen LogP contribution in [0.4, 0.5) is 5.69 Å². The lowest BCUT2D eigenvalue weighted by atomic mass is 9.82. The van der Waals surface area contributed by atoms with Gasteiger partial charge in [-0.3, -0.25) is 4.79 Å². The summed E-state index contributed by atoms with van der Waals surface area (Å²) in [7, 11) is 0. The first-order chi connectivity index (χ1) is 12.1. The Bertz CT molecular complexity index is 597. The third kappa shape index (κ3) is 5.35. The zero-order valence-electron chi connectivity index (χ0n) is 15.6. The van der Waals surface area contributed by atoms with Crippen molar-refractivity contribution in [2.24, 2.45) is 11.7 Å². The zero-order chi connectivity index (χ0) is 17.7. The number of aryl methyl sites for hydroxylation is 1. The van der Waals surface area contributed by atoms with E-state index in [0.29, 0.717) is 12.5 Å². The van der Waals surface area contributed by atoms with Gasteiger partial charge in [-0.1, -0.05) is 25.3 Å². The lowest BCUT2D eigenvalue weighted by molar-refractivity contribution is -0.122. The van der Waals surface area contributed by atoms with Crippen LogP contribution in [0.15, 0.2) is 18.2 Å². The smallest absolute Gasteiger partial charge is 0.244 e. The fourth-order valence-corrected chi connectivity index (χ4v) is 3.62. The molecule has 1 aliphatic carbocycles. The fourth-order valence-electron chi connectivity index (χ4n) is 3.62. The molecule has 2 fully saturated rings. The number of anilines is 1. The van der Waals surface area contributed by atoms with Crippen molar-refractivity contribution in [1.29, 1.82) is 0 Å². The maximum atomic E-state index is 12.6.